The molecule has 2 atom stereocenters. The van der Waals surface area contributed by atoms with Gasteiger partial charge < -0.3 is 9.64 Å². The number of aryl methyl sites for hydroxylation is 1. The molecule has 0 spiro atoms. The number of hydrogen-bond acceptors (Lipinski definition) is 4. The molecule has 1 saturated heterocycles. The topological polar surface area (TPSA) is 38.2 Å². The molecule has 2 heterocycles. The van der Waals surface area contributed by atoms with E-state index in [0.29, 0.717) is 36.9 Å². The Morgan fingerprint density at radius 3 is 2.94 bits per heavy atom. The largest absolute Gasteiger partial charge is 0.370 e. The van der Waals surface area contributed by atoms with Gasteiger partial charge in [0.05, 0.1) is 23.8 Å². The first kappa shape index (κ1) is 13.5. The van der Waals surface area contributed by atoms with E-state index >= 15 is 0 Å². The Kier molecular flexibility index (Phi) is 4.35. The van der Waals surface area contributed by atoms with E-state index in [1.54, 1.807) is 0 Å². The molecule has 1 aliphatic heterocycles. The second kappa shape index (κ2) is 5.80. The van der Waals surface area contributed by atoms with Gasteiger partial charge in [-0.15, -0.1) is 11.6 Å². The summed E-state index contributed by atoms with van der Waals surface area (Å²) in [5.74, 6) is 0.420. The average molecular weight is 274 g/mol. The molecule has 100 valence electrons. The maximum absolute atomic E-state index is 14.2. The van der Waals surface area contributed by atoms with Gasteiger partial charge in [-0.2, -0.15) is 0 Å². The molecule has 0 radical (unpaired) electrons. The predicted molar refractivity (Wildman–Crippen MR) is 68.6 cm³/mol. The average Bonchev–Trinajstić information content (AvgIpc) is 2.38. The van der Waals surface area contributed by atoms with Gasteiger partial charge in [0.25, 0.3) is 0 Å². The highest BCUT2D eigenvalue weighted by molar-refractivity contribution is 6.18. The monoisotopic (exact) mass is 273 g/mol. The van der Waals surface area contributed by atoms with Crippen molar-refractivity contribution in [2.45, 2.75) is 32.5 Å². The minimum atomic E-state index is -0.331. The summed E-state index contributed by atoms with van der Waals surface area (Å²) < 4.78 is 19.8. The molecule has 6 heteroatoms. The maximum atomic E-state index is 14.2. The second-order valence-electron chi connectivity index (χ2n) is 4.44. The molecule has 1 aliphatic rings. The fourth-order valence-electron chi connectivity index (χ4n) is 2.17. The number of anilines is 1. The van der Waals surface area contributed by atoms with Gasteiger partial charge >= 0.3 is 0 Å². The van der Waals surface area contributed by atoms with Crippen LogP contribution in [0.5, 0.6) is 0 Å². The lowest BCUT2D eigenvalue weighted by Crippen LogP contribution is -2.48. The first-order valence-electron chi connectivity index (χ1n) is 6.11. The van der Waals surface area contributed by atoms with Gasteiger partial charge in [-0.1, -0.05) is 6.92 Å². The zero-order valence-corrected chi connectivity index (χ0v) is 11.3. The van der Waals surface area contributed by atoms with Crippen molar-refractivity contribution in [1.29, 1.82) is 0 Å². The van der Waals surface area contributed by atoms with E-state index in [1.165, 1.54) is 6.33 Å². The molecule has 0 aliphatic carbocycles. The van der Waals surface area contributed by atoms with E-state index < -0.39 is 0 Å². The highest BCUT2D eigenvalue weighted by Crippen LogP contribution is 2.22. The number of halogens is 2. The third-order valence-corrected chi connectivity index (χ3v) is 3.32. The van der Waals surface area contributed by atoms with Crippen molar-refractivity contribution in [2.75, 3.05) is 23.9 Å². The molecule has 0 bridgehead atoms. The van der Waals surface area contributed by atoms with Crippen molar-refractivity contribution >= 4 is 17.4 Å². The van der Waals surface area contributed by atoms with Crippen LogP contribution in [0.2, 0.25) is 0 Å². The fourth-order valence-corrected chi connectivity index (χ4v) is 2.34. The lowest BCUT2D eigenvalue weighted by atomic mass is 10.2. The predicted octanol–water partition coefficient (Wildman–Crippen LogP) is 2.01. The van der Waals surface area contributed by atoms with E-state index in [1.807, 2.05) is 18.7 Å². The van der Waals surface area contributed by atoms with E-state index in [4.69, 9.17) is 16.3 Å². The van der Waals surface area contributed by atoms with E-state index in [2.05, 4.69) is 9.97 Å². The highest BCUT2D eigenvalue weighted by Gasteiger charge is 2.27. The Hall–Kier alpha value is -0.940. The molecule has 0 amide bonds. The summed E-state index contributed by atoms with van der Waals surface area (Å²) in [6, 6.07) is 0. The van der Waals surface area contributed by atoms with Crippen molar-refractivity contribution in [3.05, 3.63) is 17.8 Å². The van der Waals surface area contributed by atoms with E-state index in [9.17, 15) is 4.39 Å². The van der Waals surface area contributed by atoms with Crippen molar-refractivity contribution in [3.8, 4) is 0 Å². The van der Waals surface area contributed by atoms with E-state index in [-0.39, 0.29) is 18.0 Å². The minimum Gasteiger partial charge on any atom is -0.370 e. The van der Waals surface area contributed by atoms with Crippen LogP contribution in [0.4, 0.5) is 10.2 Å². The Labute approximate surface area is 111 Å². The third-order valence-electron chi connectivity index (χ3n) is 2.98. The van der Waals surface area contributed by atoms with Gasteiger partial charge in [-0.3, -0.25) is 0 Å². The fraction of sp³-hybridized carbons (Fsp3) is 0.667. The van der Waals surface area contributed by atoms with Crippen LogP contribution in [0, 0.1) is 5.82 Å². The highest BCUT2D eigenvalue weighted by atomic mass is 35.5. The SMILES string of the molecule is CCc1ncnc(N2CC(C)OC(CCl)C2)c1F. The molecule has 1 aromatic rings. The summed E-state index contributed by atoms with van der Waals surface area (Å²) in [5, 5.41) is 0. The quantitative estimate of drug-likeness (QED) is 0.790. The third kappa shape index (κ3) is 2.72. The standard InChI is InChI=1S/C12H17ClFN3O/c1-3-10-11(14)12(16-7-15-10)17-5-8(2)18-9(4-13)6-17/h7-9H,3-6H2,1-2H3. The number of aromatic nitrogens is 2. The number of morpholine rings is 1. The number of ether oxygens (including phenoxy) is 1. The molecule has 4 nitrogen and oxygen atoms in total. The number of nitrogens with zero attached hydrogens (tertiary/aromatic N) is 3. The van der Waals surface area contributed by atoms with Gasteiger partial charge in [0.15, 0.2) is 11.6 Å². The van der Waals surface area contributed by atoms with Gasteiger partial charge in [-0.05, 0) is 13.3 Å². The van der Waals surface area contributed by atoms with Gasteiger partial charge in [0, 0.05) is 13.1 Å². The number of rotatable bonds is 3. The Morgan fingerprint density at radius 2 is 2.28 bits per heavy atom. The number of hydrogen-bond donors (Lipinski definition) is 0. The first-order chi connectivity index (χ1) is 8.65. The van der Waals surface area contributed by atoms with Crippen LogP contribution in [0.1, 0.15) is 19.5 Å². The van der Waals surface area contributed by atoms with Crippen molar-refractivity contribution in [1.82, 2.24) is 9.97 Å². The van der Waals surface area contributed by atoms with Crippen LogP contribution in [0.25, 0.3) is 0 Å². The van der Waals surface area contributed by atoms with Crippen LogP contribution >= 0.6 is 11.6 Å². The molecule has 1 aromatic heterocycles. The molecule has 0 aromatic carbocycles. The normalized spacial score (nSPS) is 24.3. The van der Waals surface area contributed by atoms with Crippen LogP contribution in [-0.4, -0.2) is 41.1 Å². The molecular weight excluding hydrogens is 257 g/mol. The maximum Gasteiger partial charge on any atom is 0.187 e. The van der Waals surface area contributed by atoms with Crippen LogP contribution in [-0.2, 0) is 11.2 Å². The van der Waals surface area contributed by atoms with Crippen LogP contribution in [0.3, 0.4) is 0 Å². The summed E-state index contributed by atoms with van der Waals surface area (Å²) >= 11 is 5.82. The van der Waals surface area contributed by atoms with Gasteiger partial charge in [0.2, 0.25) is 0 Å². The summed E-state index contributed by atoms with van der Waals surface area (Å²) in [6.45, 7) is 5.00. The Bertz CT molecular complexity index is 418. The molecule has 1 fully saturated rings. The molecule has 2 unspecified atom stereocenters. The Balaban J connectivity index is 2.25. The smallest absolute Gasteiger partial charge is 0.187 e. The van der Waals surface area contributed by atoms with Crippen molar-refractivity contribution < 1.29 is 9.13 Å². The molecule has 18 heavy (non-hydrogen) atoms. The van der Waals surface area contributed by atoms with Crippen molar-refractivity contribution in [3.63, 3.8) is 0 Å². The molecule has 2 rings (SSSR count). The summed E-state index contributed by atoms with van der Waals surface area (Å²) in [6.07, 6.45) is 1.89. The van der Waals surface area contributed by atoms with E-state index in [0.717, 1.165) is 0 Å². The number of alkyl halides is 1. The minimum absolute atomic E-state index is 0.0157. The summed E-state index contributed by atoms with van der Waals surface area (Å²) in [4.78, 5) is 9.88. The zero-order valence-electron chi connectivity index (χ0n) is 10.6. The molecule has 0 saturated carbocycles. The van der Waals surface area contributed by atoms with Crippen LogP contribution < -0.4 is 4.90 Å². The van der Waals surface area contributed by atoms with Gasteiger partial charge in [0.1, 0.15) is 6.33 Å². The summed E-state index contributed by atoms with van der Waals surface area (Å²) in [7, 11) is 0. The van der Waals surface area contributed by atoms with Crippen LogP contribution in [0.15, 0.2) is 6.33 Å². The lowest BCUT2D eigenvalue weighted by Gasteiger charge is -2.36. The first-order valence-corrected chi connectivity index (χ1v) is 6.64. The zero-order chi connectivity index (χ0) is 13.1. The Morgan fingerprint density at radius 1 is 1.50 bits per heavy atom. The van der Waals surface area contributed by atoms with Crippen molar-refractivity contribution in [2.24, 2.45) is 0 Å². The molecular formula is C12H17ClFN3O. The second-order valence-corrected chi connectivity index (χ2v) is 4.75. The molecule has 0 N–H and O–H groups in total. The summed E-state index contributed by atoms with van der Waals surface area (Å²) in [5.41, 5.74) is 0.446. The van der Waals surface area contributed by atoms with Gasteiger partial charge in [-0.25, -0.2) is 14.4 Å². The lowest BCUT2D eigenvalue weighted by molar-refractivity contribution is -0.00378.